The van der Waals surface area contributed by atoms with E-state index in [1.54, 1.807) is 12.4 Å². The summed E-state index contributed by atoms with van der Waals surface area (Å²) in [6.07, 6.45) is 7.11. The van der Waals surface area contributed by atoms with Crippen molar-refractivity contribution in [2.75, 3.05) is 19.6 Å². The van der Waals surface area contributed by atoms with Crippen molar-refractivity contribution in [2.24, 2.45) is 5.92 Å². The van der Waals surface area contributed by atoms with E-state index in [4.69, 9.17) is 4.74 Å². The number of nitrogens with zero attached hydrogens (tertiary/aromatic N) is 2. The van der Waals surface area contributed by atoms with Gasteiger partial charge < -0.3 is 10.1 Å². The van der Waals surface area contributed by atoms with Crippen molar-refractivity contribution in [3.63, 3.8) is 0 Å². The van der Waals surface area contributed by atoms with Gasteiger partial charge in [-0.15, -0.1) is 0 Å². The molecule has 0 unspecified atom stereocenters. The Morgan fingerprint density at radius 1 is 1.21 bits per heavy atom. The van der Waals surface area contributed by atoms with Crippen molar-refractivity contribution in [2.45, 2.75) is 51.7 Å². The Kier molecular flexibility index (Phi) is 5.86. The first-order valence-electron chi connectivity index (χ1n) is 10.7. The predicted octanol–water partition coefficient (Wildman–Crippen LogP) is 3.37. The summed E-state index contributed by atoms with van der Waals surface area (Å²) in [6.45, 7) is 8.17. The van der Waals surface area contributed by atoms with Gasteiger partial charge in [-0.05, 0) is 69.0 Å². The van der Waals surface area contributed by atoms with E-state index >= 15 is 0 Å². The van der Waals surface area contributed by atoms with Crippen LogP contribution in [0.1, 0.15) is 43.4 Å². The van der Waals surface area contributed by atoms with E-state index in [1.165, 1.54) is 11.1 Å². The highest BCUT2D eigenvalue weighted by atomic mass is 16.5. The third-order valence-electron chi connectivity index (χ3n) is 5.98. The van der Waals surface area contributed by atoms with Crippen molar-refractivity contribution in [3.05, 3.63) is 59.4 Å². The number of piperidine rings is 1. The van der Waals surface area contributed by atoms with Crippen LogP contribution in [0.5, 0.6) is 5.75 Å². The minimum atomic E-state index is -0.0973. The maximum Gasteiger partial charge on any atom is 0.224 e. The summed E-state index contributed by atoms with van der Waals surface area (Å²) < 4.78 is 6.22. The van der Waals surface area contributed by atoms with Crippen LogP contribution < -0.4 is 10.1 Å². The van der Waals surface area contributed by atoms with E-state index in [0.717, 1.165) is 56.8 Å². The topological polar surface area (TPSA) is 54.5 Å². The second-order valence-corrected chi connectivity index (χ2v) is 9.00. The maximum absolute atomic E-state index is 12.2. The quantitative estimate of drug-likeness (QED) is 0.818. The zero-order chi connectivity index (χ0) is 20.3. The number of rotatable bonds is 6. The largest absolute Gasteiger partial charge is 0.487 e. The monoisotopic (exact) mass is 393 g/mol. The fraction of sp³-hybridized carbons (Fsp3) is 0.500. The van der Waals surface area contributed by atoms with E-state index in [0.29, 0.717) is 12.3 Å². The molecule has 1 fully saturated rings. The van der Waals surface area contributed by atoms with E-state index < -0.39 is 0 Å². The number of hydrogen-bond acceptors (Lipinski definition) is 4. The highest BCUT2D eigenvalue weighted by Crippen LogP contribution is 2.38. The number of hydrogen-bond donors (Lipinski definition) is 1. The van der Waals surface area contributed by atoms with Crippen molar-refractivity contribution in [1.82, 2.24) is 15.2 Å². The molecule has 154 valence electrons. The Balaban J connectivity index is 1.23. The molecular formula is C24H31N3O2. The van der Waals surface area contributed by atoms with Crippen LogP contribution in [0.15, 0.2) is 42.7 Å². The molecule has 0 radical (unpaired) electrons. The molecule has 1 aromatic carbocycles. The van der Waals surface area contributed by atoms with Crippen molar-refractivity contribution < 1.29 is 9.53 Å². The number of para-hydroxylation sites is 1. The number of carbonyl (C=O) groups excluding carboxylic acids is 1. The average Bonchev–Trinajstić information content (AvgIpc) is 3.03. The smallest absolute Gasteiger partial charge is 0.224 e. The van der Waals surface area contributed by atoms with Crippen LogP contribution in [0.2, 0.25) is 0 Å². The predicted molar refractivity (Wildman–Crippen MR) is 114 cm³/mol. The average molecular weight is 394 g/mol. The number of amides is 1. The standard InChI is InChI=1S/C24H31N3O2/c1-24(2)15-20-4-3-5-21(23(20)29-24)17-27-12-8-19(9-13-27)16-26-22(28)14-18-6-10-25-11-7-18/h3-7,10-11,19H,8-9,12-17H2,1-2H3,(H,26,28). The van der Waals surface area contributed by atoms with Crippen LogP contribution in [0.3, 0.4) is 0 Å². The highest BCUT2D eigenvalue weighted by molar-refractivity contribution is 5.78. The number of carbonyl (C=O) groups is 1. The molecule has 1 N–H and O–H groups in total. The number of pyridine rings is 1. The zero-order valence-electron chi connectivity index (χ0n) is 17.5. The number of fused-ring (bicyclic) bond motifs is 1. The van der Waals surface area contributed by atoms with Crippen LogP contribution >= 0.6 is 0 Å². The lowest BCUT2D eigenvalue weighted by Crippen LogP contribution is -2.38. The summed E-state index contributed by atoms with van der Waals surface area (Å²) in [4.78, 5) is 18.7. The molecule has 29 heavy (non-hydrogen) atoms. The molecule has 5 heteroatoms. The fourth-order valence-corrected chi connectivity index (χ4v) is 4.40. The van der Waals surface area contributed by atoms with Gasteiger partial charge in [-0.2, -0.15) is 0 Å². The number of benzene rings is 1. The minimum Gasteiger partial charge on any atom is -0.487 e. The molecule has 0 bridgehead atoms. The Morgan fingerprint density at radius 3 is 2.72 bits per heavy atom. The van der Waals surface area contributed by atoms with Crippen molar-refractivity contribution >= 4 is 5.91 Å². The van der Waals surface area contributed by atoms with Crippen molar-refractivity contribution in [1.29, 1.82) is 0 Å². The number of aromatic nitrogens is 1. The molecule has 3 heterocycles. The number of nitrogens with one attached hydrogen (secondary N) is 1. The molecule has 4 rings (SSSR count). The third kappa shape index (κ3) is 5.15. The molecule has 1 saturated heterocycles. The SMILES string of the molecule is CC1(C)Cc2cccc(CN3CCC(CNC(=O)Cc4ccncc4)CC3)c2O1. The van der Waals surface area contributed by atoms with Gasteiger partial charge >= 0.3 is 0 Å². The van der Waals surface area contributed by atoms with Crippen LogP contribution in [-0.4, -0.2) is 41.0 Å². The Morgan fingerprint density at radius 2 is 1.97 bits per heavy atom. The second-order valence-electron chi connectivity index (χ2n) is 9.00. The van der Waals surface area contributed by atoms with Crippen LogP contribution in [0, 0.1) is 5.92 Å². The van der Waals surface area contributed by atoms with E-state index in [1.807, 2.05) is 12.1 Å². The fourth-order valence-electron chi connectivity index (χ4n) is 4.40. The lowest BCUT2D eigenvalue weighted by molar-refractivity contribution is -0.120. The summed E-state index contributed by atoms with van der Waals surface area (Å²) in [5.74, 6) is 1.76. The first kappa shape index (κ1) is 19.9. The third-order valence-corrected chi connectivity index (χ3v) is 5.98. The van der Waals surface area contributed by atoms with E-state index in [2.05, 4.69) is 47.2 Å². The Hall–Kier alpha value is -2.40. The van der Waals surface area contributed by atoms with Crippen molar-refractivity contribution in [3.8, 4) is 5.75 Å². The molecule has 0 saturated carbocycles. The molecule has 1 amide bonds. The van der Waals surface area contributed by atoms with Crippen LogP contribution in [0.25, 0.3) is 0 Å². The van der Waals surface area contributed by atoms with E-state index in [-0.39, 0.29) is 11.5 Å². The lowest BCUT2D eigenvalue weighted by Gasteiger charge is -2.32. The minimum absolute atomic E-state index is 0.0956. The van der Waals surface area contributed by atoms with Gasteiger partial charge in [-0.25, -0.2) is 0 Å². The number of ether oxygens (including phenoxy) is 1. The molecule has 2 aromatic rings. The van der Waals surface area contributed by atoms with Gasteiger partial charge in [-0.3, -0.25) is 14.7 Å². The van der Waals surface area contributed by atoms with Gasteiger partial charge in [0.1, 0.15) is 11.4 Å². The molecule has 1 aromatic heterocycles. The van der Waals surface area contributed by atoms with Gasteiger partial charge in [0.25, 0.3) is 0 Å². The highest BCUT2D eigenvalue weighted by Gasteiger charge is 2.32. The summed E-state index contributed by atoms with van der Waals surface area (Å²) in [7, 11) is 0. The van der Waals surface area contributed by atoms with Crippen LogP contribution in [-0.2, 0) is 24.2 Å². The first-order valence-corrected chi connectivity index (χ1v) is 10.7. The van der Waals surface area contributed by atoms with Gasteiger partial charge in [-0.1, -0.05) is 18.2 Å². The van der Waals surface area contributed by atoms with Gasteiger partial charge in [0.15, 0.2) is 0 Å². The van der Waals surface area contributed by atoms with Gasteiger partial charge in [0.05, 0.1) is 6.42 Å². The normalized spacial score (nSPS) is 18.8. The molecule has 2 aliphatic heterocycles. The van der Waals surface area contributed by atoms with Crippen LogP contribution in [0.4, 0.5) is 0 Å². The maximum atomic E-state index is 12.2. The zero-order valence-corrected chi connectivity index (χ0v) is 17.5. The summed E-state index contributed by atoms with van der Waals surface area (Å²) in [5.41, 5.74) is 3.55. The second kappa shape index (κ2) is 8.54. The van der Waals surface area contributed by atoms with E-state index in [9.17, 15) is 4.79 Å². The Labute approximate surface area is 173 Å². The van der Waals surface area contributed by atoms with Gasteiger partial charge in [0.2, 0.25) is 5.91 Å². The first-order chi connectivity index (χ1) is 14.0. The summed E-state index contributed by atoms with van der Waals surface area (Å²) >= 11 is 0. The number of likely N-dealkylation sites (tertiary alicyclic amines) is 1. The molecule has 5 nitrogen and oxygen atoms in total. The summed E-state index contributed by atoms with van der Waals surface area (Å²) in [6, 6.07) is 10.3. The molecular weight excluding hydrogens is 362 g/mol. The summed E-state index contributed by atoms with van der Waals surface area (Å²) in [5, 5.41) is 3.11. The lowest BCUT2D eigenvalue weighted by atomic mass is 9.96. The molecule has 0 atom stereocenters. The molecule has 0 spiro atoms. The van der Waals surface area contributed by atoms with Gasteiger partial charge in [0, 0.05) is 37.5 Å². The molecule has 2 aliphatic rings. The molecule has 0 aliphatic carbocycles. The Bertz CT molecular complexity index is 842.